The highest BCUT2D eigenvalue weighted by molar-refractivity contribution is 5.99. The lowest BCUT2D eigenvalue weighted by Crippen LogP contribution is -2.34. The molecule has 0 aliphatic heterocycles. The van der Waals surface area contributed by atoms with Crippen LogP contribution in [0, 0.1) is 0 Å². The summed E-state index contributed by atoms with van der Waals surface area (Å²) < 4.78 is 1.96. The maximum absolute atomic E-state index is 12.5. The van der Waals surface area contributed by atoms with Crippen LogP contribution in [0.3, 0.4) is 0 Å². The van der Waals surface area contributed by atoms with E-state index in [0.29, 0.717) is 13.1 Å². The highest BCUT2D eigenvalue weighted by Crippen LogP contribution is 2.37. The van der Waals surface area contributed by atoms with Gasteiger partial charge in [-0.2, -0.15) is 5.10 Å². The lowest BCUT2D eigenvalue weighted by atomic mass is 10.00. The fourth-order valence-corrected chi connectivity index (χ4v) is 4.99. The number of amides is 2. The van der Waals surface area contributed by atoms with Gasteiger partial charge in [0.25, 0.3) is 0 Å². The van der Waals surface area contributed by atoms with Crippen LogP contribution in [-0.2, 0) is 13.1 Å². The molecule has 2 amide bonds. The zero-order valence-electron chi connectivity index (χ0n) is 23.9. The van der Waals surface area contributed by atoms with Crippen LogP contribution in [0.5, 0.6) is 0 Å². The van der Waals surface area contributed by atoms with Crippen LogP contribution in [0.15, 0.2) is 73.1 Å². The summed E-state index contributed by atoms with van der Waals surface area (Å²) >= 11 is 0. The van der Waals surface area contributed by atoms with E-state index in [2.05, 4.69) is 83.8 Å². The van der Waals surface area contributed by atoms with Crippen molar-refractivity contribution in [3.63, 3.8) is 0 Å². The number of aryl methyl sites for hydroxylation is 1. The van der Waals surface area contributed by atoms with E-state index in [1.54, 1.807) is 4.90 Å². The molecule has 0 fully saturated rings. The normalized spacial score (nSPS) is 11.3. The first-order chi connectivity index (χ1) is 19.4. The molecule has 0 spiro atoms. The van der Waals surface area contributed by atoms with E-state index in [1.807, 2.05) is 49.0 Å². The topological polar surface area (TPSA) is 82.1 Å². The minimum atomic E-state index is -0.0940. The molecule has 40 heavy (non-hydrogen) atoms. The first-order valence-electron chi connectivity index (χ1n) is 13.9. The third-order valence-corrected chi connectivity index (χ3v) is 7.13. The number of hydrogen-bond donors (Lipinski definition) is 2. The van der Waals surface area contributed by atoms with E-state index in [1.165, 1.54) is 5.56 Å². The number of carbonyl (C=O) groups is 1. The zero-order chi connectivity index (χ0) is 28.2. The van der Waals surface area contributed by atoms with Gasteiger partial charge in [-0.1, -0.05) is 36.4 Å². The molecule has 0 atom stereocenters. The minimum absolute atomic E-state index is 0.0940. The number of urea groups is 1. The molecule has 2 aromatic carbocycles. The Hall–Kier alpha value is -4.43. The number of nitrogens with one attached hydrogen (secondary N) is 2. The Morgan fingerprint density at radius 1 is 0.925 bits per heavy atom. The summed E-state index contributed by atoms with van der Waals surface area (Å²) in [5.74, 6) is 0. The van der Waals surface area contributed by atoms with Gasteiger partial charge in [0.2, 0.25) is 0 Å². The van der Waals surface area contributed by atoms with Crippen LogP contribution in [-0.4, -0.2) is 62.8 Å². The maximum Gasteiger partial charge on any atom is 0.321 e. The highest BCUT2D eigenvalue weighted by Gasteiger charge is 2.18. The Bertz CT molecular complexity index is 1590. The van der Waals surface area contributed by atoms with Crippen molar-refractivity contribution in [3.8, 4) is 33.6 Å². The van der Waals surface area contributed by atoms with Crippen molar-refractivity contribution in [3.05, 3.63) is 78.6 Å². The number of carbonyl (C=O) groups excluding carboxylic acids is 1. The molecule has 5 rings (SSSR count). The molecule has 8 heteroatoms. The van der Waals surface area contributed by atoms with Gasteiger partial charge in [0.15, 0.2) is 0 Å². The third-order valence-electron chi connectivity index (χ3n) is 7.13. The fourth-order valence-electron chi connectivity index (χ4n) is 4.99. The largest absolute Gasteiger partial charge is 0.339 e. The molecular formula is C32H37N7O. The Kier molecular flexibility index (Phi) is 7.98. The van der Waals surface area contributed by atoms with Crippen LogP contribution in [0.25, 0.3) is 44.7 Å². The first-order valence-corrected chi connectivity index (χ1v) is 13.9. The van der Waals surface area contributed by atoms with E-state index in [0.717, 1.165) is 63.5 Å². The number of aromatic nitrogens is 4. The van der Waals surface area contributed by atoms with Gasteiger partial charge >= 0.3 is 6.03 Å². The monoisotopic (exact) mass is 535 g/mol. The van der Waals surface area contributed by atoms with Gasteiger partial charge in [0, 0.05) is 66.5 Å². The number of benzene rings is 2. The standard InChI is InChI=1S/C32H37N7O/c1-6-38(7-2)32(40)34-25-15-13-24(14-16-25)30-28(21-39(8-3)36-30)26-17-18-33-31-27(26)19-29(35-31)23-11-9-22(10-12-23)20-37(4)5/h9-19,21H,6-8,20H2,1-5H3,(H,33,35)(H,34,40). The summed E-state index contributed by atoms with van der Waals surface area (Å²) in [7, 11) is 4.15. The SMILES string of the molecule is CCN(CC)C(=O)Nc1ccc(-c2nn(CC)cc2-c2ccnc3[nH]c(-c4ccc(CN(C)C)cc4)cc23)cc1. The molecule has 0 aliphatic carbocycles. The average Bonchev–Trinajstić information content (AvgIpc) is 3.59. The van der Waals surface area contributed by atoms with Gasteiger partial charge < -0.3 is 20.1 Å². The molecule has 3 heterocycles. The number of fused-ring (bicyclic) bond motifs is 1. The van der Waals surface area contributed by atoms with E-state index >= 15 is 0 Å². The van der Waals surface area contributed by atoms with Crippen molar-refractivity contribution in [2.24, 2.45) is 0 Å². The van der Waals surface area contributed by atoms with Crippen molar-refractivity contribution in [1.29, 1.82) is 0 Å². The summed E-state index contributed by atoms with van der Waals surface area (Å²) in [5.41, 5.74) is 9.03. The predicted molar refractivity (Wildman–Crippen MR) is 163 cm³/mol. The molecule has 2 N–H and O–H groups in total. The van der Waals surface area contributed by atoms with Crippen LogP contribution in [0.4, 0.5) is 10.5 Å². The summed E-state index contributed by atoms with van der Waals surface area (Å²) in [4.78, 5) is 24.6. The Morgan fingerprint density at radius 2 is 1.62 bits per heavy atom. The number of H-pyrrole nitrogens is 1. The molecule has 3 aromatic heterocycles. The summed E-state index contributed by atoms with van der Waals surface area (Å²) in [6.07, 6.45) is 3.94. The number of pyridine rings is 1. The van der Waals surface area contributed by atoms with Crippen molar-refractivity contribution < 1.29 is 4.79 Å². The van der Waals surface area contributed by atoms with Crippen LogP contribution < -0.4 is 5.32 Å². The average molecular weight is 536 g/mol. The molecule has 0 bridgehead atoms. The summed E-state index contributed by atoms with van der Waals surface area (Å²) in [5, 5.41) is 8.95. The Labute approximate surface area is 235 Å². The molecule has 0 unspecified atom stereocenters. The van der Waals surface area contributed by atoms with Gasteiger partial charge in [-0.15, -0.1) is 0 Å². The molecule has 206 valence electrons. The van der Waals surface area contributed by atoms with Crippen molar-refractivity contribution in [2.45, 2.75) is 33.9 Å². The van der Waals surface area contributed by atoms with Gasteiger partial charge in [-0.25, -0.2) is 9.78 Å². The van der Waals surface area contributed by atoms with Gasteiger partial charge in [0.1, 0.15) is 11.3 Å². The van der Waals surface area contributed by atoms with Crippen molar-refractivity contribution >= 4 is 22.8 Å². The van der Waals surface area contributed by atoms with E-state index in [9.17, 15) is 4.79 Å². The summed E-state index contributed by atoms with van der Waals surface area (Å²) in [6, 6.07) is 20.7. The second-order valence-corrected chi connectivity index (χ2v) is 10.2. The van der Waals surface area contributed by atoms with E-state index < -0.39 is 0 Å². The van der Waals surface area contributed by atoms with E-state index in [-0.39, 0.29) is 6.03 Å². The van der Waals surface area contributed by atoms with Crippen LogP contribution in [0.1, 0.15) is 26.3 Å². The van der Waals surface area contributed by atoms with Crippen LogP contribution >= 0.6 is 0 Å². The minimum Gasteiger partial charge on any atom is -0.339 e. The van der Waals surface area contributed by atoms with Crippen LogP contribution in [0.2, 0.25) is 0 Å². The lowest BCUT2D eigenvalue weighted by Gasteiger charge is -2.19. The van der Waals surface area contributed by atoms with Crippen molar-refractivity contribution in [2.75, 3.05) is 32.5 Å². The predicted octanol–water partition coefficient (Wildman–Crippen LogP) is 6.72. The van der Waals surface area contributed by atoms with Gasteiger partial charge in [0.05, 0.1) is 0 Å². The first kappa shape index (κ1) is 27.1. The molecular weight excluding hydrogens is 498 g/mol. The quantitative estimate of drug-likeness (QED) is 0.220. The highest BCUT2D eigenvalue weighted by atomic mass is 16.2. The maximum atomic E-state index is 12.5. The lowest BCUT2D eigenvalue weighted by molar-refractivity contribution is 0.217. The molecule has 8 nitrogen and oxygen atoms in total. The molecule has 5 aromatic rings. The van der Waals surface area contributed by atoms with Crippen molar-refractivity contribution in [1.82, 2.24) is 29.5 Å². The summed E-state index contributed by atoms with van der Waals surface area (Å²) in [6.45, 7) is 9.04. The number of aromatic amines is 1. The Balaban J connectivity index is 1.49. The van der Waals surface area contributed by atoms with E-state index in [4.69, 9.17) is 5.10 Å². The molecule has 0 radical (unpaired) electrons. The molecule has 0 saturated carbocycles. The fraction of sp³-hybridized carbons (Fsp3) is 0.281. The van der Waals surface area contributed by atoms with Gasteiger partial charge in [-0.05, 0) is 75.8 Å². The van der Waals surface area contributed by atoms with Gasteiger partial charge in [-0.3, -0.25) is 4.68 Å². The number of anilines is 1. The molecule has 0 saturated heterocycles. The number of rotatable bonds is 9. The third kappa shape index (κ3) is 5.62. The smallest absolute Gasteiger partial charge is 0.321 e. The number of nitrogens with zero attached hydrogens (tertiary/aromatic N) is 5. The zero-order valence-corrected chi connectivity index (χ0v) is 23.9. The number of hydrogen-bond acceptors (Lipinski definition) is 4. The molecule has 0 aliphatic rings. The Morgan fingerprint density at radius 3 is 2.27 bits per heavy atom. The second kappa shape index (κ2) is 11.8. The second-order valence-electron chi connectivity index (χ2n) is 10.2.